The van der Waals surface area contributed by atoms with Crippen LogP contribution in [0.4, 0.5) is 0 Å². The van der Waals surface area contributed by atoms with Gasteiger partial charge in [0, 0.05) is 11.6 Å². The molecule has 1 heterocycles. The maximum atomic E-state index is 11.9. The number of carbonyl (C=O) groups excluding carboxylic acids is 2. The molecule has 1 rings (SSSR count). The van der Waals surface area contributed by atoms with E-state index < -0.39 is 0 Å². The van der Waals surface area contributed by atoms with Crippen molar-refractivity contribution in [3.05, 3.63) is 36.0 Å². The van der Waals surface area contributed by atoms with Gasteiger partial charge in [0.15, 0.2) is 0 Å². The van der Waals surface area contributed by atoms with Crippen LogP contribution in [0.25, 0.3) is 0 Å². The minimum Gasteiger partial charge on any atom is -0.272 e. The molecule has 80 valence electrons. The van der Waals surface area contributed by atoms with Crippen molar-refractivity contribution in [2.24, 2.45) is 0 Å². The maximum Gasteiger partial charge on any atom is 0.261 e. The van der Waals surface area contributed by atoms with Gasteiger partial charge in [0.2, 0.25) is 0 Å². The Balaban J connectivity index is 3.25. The molecule has 3 nitrogen and oxygen atoms in total. The summed E-state index contributed by atoms with van der Waals surface area (Å²) in [6.07, 6.45) is 4.77. The van der Waals surface area contributed by atoms with Crippen LogP contribution in [-0.4, -0.2) is 22.8 Å². The molecule has 1 aliphatic rings. The van der Waals surface area contributed by atoms with Crippen molar-refractivity contribution in [3.63, 3.8) is 0 Å². The van der Waals surface area contributed by atoms with Gasteiger partial charge in [-0.1, -0.05) is 18.7 Å². The summed E-state index contributed by atoms with van der Waals surface area (Å²) in [7, 11) is 0. The maximum absolute atomic E-state index is 11.9. The quantitative estimate of drug-likeness (QED) is 0.509. The first-order valence-electron chi connectivity index (χ1n) is 4.91. The molecule has 0 aromatic carbocycles. The Morgan fingerprint density at radius 3 is 2.13 bits per heavy atom. The van der Waals surface area contributed by atoms with Gasteiger partial charge in [-0.15, -0.1) is 0 Å². The van der Waals surface area contributed by atoms with Gasteiger partial charge in [0.25, 0.3) is 11.8 Å². The average Bonchev–Trinajstić information content (AvgIpc) is 2.39. The third-order valence-corrected chi connectivity index (χ3v) is 2.28. The smallest absolute Gasteiger partial charge is 0.261 e. The van der Waals surface area contributed by atoms with E-state index in [2.05, 4.69) is 6.58 Å². The highest BCUT2D eigenvalue weighted by Gasteiger charge is 2.39. The molecule has 0 N–H and O–H groups in total. The van der Waals surface area contributed by atoms with Gasteiger partial charge in [0.1, 0.15) is 0 Å². The molecule has 1 fully saturated rings. The minimum absolute atomic E-state index is 0.115. The fourth-order valence-electron chi connectivity index (χ4n) is 1.61. The van der Waals surface area contributed by atoms with Gasteiger partial charge >= 0.3 is 0 Å². The van der Waals surface area contributed by atoms with Crippen molar-refractivity contribution >= 4 is 11.8 Å². The Labute approximate surface area is 89.8 Å². The molecule has 0 saturated carbocycles. The topological polar surface area (TPSA) is 37.4 Å². The Morgan fingerprint density at radius 1 is 1.20 bits per heavy atom. The van der Waals surface area contributed by atoms with Crippen LogP contribution >= 0.6 is 0 Å². The van der Waals surface area contributed by atoms with Crippen molar-refractivity contribution in [2.75, 3.05) is 0 Å². The van der Waals surface area contributed by atoms with Crippen LogP contribution in [0.2, 0.25) is 0 Å². The van der Waals surface area contributed by atoms with E-state index in [-0.39, 0.29) is 17.9 Å². The van der Waals surface area contributed by atoms with Crippen molar-refractivity contribution in [3.8, 4) is 0 Å². The lowest BCUT2D eigenvalue weighted by molar-refractivity contribution is -0.138. The summed E-state index contributed by atoms with van der Waals surface area (Å²) >= 11 is 0. The van der Waals surface area contributed by atoms with E-state index in [4.69, 9.17) is 0 Å². The molecule has 0 aromatic rings. The summed E-state index contributed by atoms with van der Waals surface area (Å²) in [5.74, 6) is -0.450. The number of carbonyl (C=O) groups is 2. The van der Waals surface area contributed by atoms with Crippen molar-refractivity contribution in [2.45, 2.75) is 26.8 Å². The van der Waals surface area contributed by atoms with E-state index in [1.807, 2.05) is 13.8 Å². The van der Waals surface area contributed by atoms with Crippen LogP contribution in [0.1, 0.15) is 20.8 Å². The molecule has 3 heteroatoms. The fraction of sp³-hybridized carbons (Fsp3) is 0.333. The number of allylic oxidation sites excluding steroid dienone is 3. The van der Waals surface area contributed by atoms with Crippen molar-refractivity contribution in [1.29, 1.82) is 0 Å². The second-order valence-corrected chi connectivity index (χ2v) is 3.59. The first-order valence-corrected chi connectivity index (χ1v) is 4.91. The lowest BCUT2D eigenvalue weighted by Gasteiger charge is -2.16. The number of likely N-dealkylation sites (tertiary alicyclic amines) is 1. The molecule has 0 atom stereocenters. The number of rotatable bonds is 2. The number of nitrogens with zero attached hydrogens (tertiary/aromatic N) is 1. The predicted molar refractivity (Wildman–Crippen MR) is 59.0 cm³/mol. The highest BCUT2D eigenvalue weighted by Crippen LogP contribution is 2.26. The third kappa shape index (κ3) is 1.77. The molecular weight excluding hydrogens is 190 g/mol. The molecule has 0 spiro atoms. The highest BCUT2D eigenvalue weighted by atomic mass is 16.2. The molecule has 0 bridgehead atoms. The van der Waals surface area contributed by atoms with Crippen LogP contribution in [0.5, 0.6) is 0 Å². The first kappa shape index (κ1) is 11.4. The molecule has 0 aliphatic carbocycles. The summed E-state index contributed by atoms with van der Waals surface area (Å²) in [4.78, 5) is 25.0. The normalized spacial score (nSPS) is 22.3. The second-order valence-electron chi connectivity index (χ2n) is 3.59. The molecule has 0 unspecified atom stereocenters. The zero-order valence-corrected chi connectivity index (χ0v) is 9.28. The molecule has 1 aliphatic heterocycles. The highest BCUT2D eigenvalue weighted by molar-refractivity contribution is 6.24. The van der Waals surface area contributed by atoms with Crippen LogP contribution in [0.15, 0.2) is 36.0 Å². The van der Waals surface area contributed by atoms with E-state index in [1.165, 1.54) is 11.0 Å². The largest absolute Gasteiger partial charge is 0.272 e. The molecular formula is C12H15NO2. The summed E-state index contributed by atoms with van der Waals surface area (Å²) in [6, 6.07) is -0.115. The Bertz CT molecular complexity index is 375. The van der Waals surface area contributed by atoms with Crippen LogP contribution in [0, 0.1) is 0 Å². The van der Waals surface area contributed by atoms with Crippen LogP contribution < -0.4 is 0 Å². The second kappa shape index (κ2) is 4.26. The van der Waals surface area contributed by atoms with Gasteiger partial charge in [-0.05, 0) is 26.8 Å². The Kier molecular flexibility index (Phi) is 3.24. The zero-order valence-electron chi connectivity index (χ0n) is 9.28. The van der Waals surface area contributed by atoms with Crippen LogP contribution in [-0.2, 0) is 9.59 Å². The van der Waals surface area contributed by atoms with Crippen LogP contribution in [0.3, 0.4) is 0 Å². The van der Waals surface area contributed by atoms with Crippen molar-refractivity contribution < 1.29 is 9.59 Å². The Hall–Kier alpha value is -1.64. The van der Waals surface area contributed by atoms with Gasteiger partial charge in [-0.2, -0.15) is 0 Å². The molecule has 0 radical (unpaired) electrons. The minimum atomic E-state index is -0.233. The number of amides is 2. The lowest BCUT2D eigenvalue weighted by atomic mass is 10.1. The summed E-state index contributed by atoms with van der Waals surface area (Å²) in [5.41, 5.74) is 0.903. The predicted octanol–water partition coefficient (Wildman–Crippen LogP) is 1.82. The monoisotopic (exact) mass is 205 g/mol. The van der Waals surface area contributed by atoms with E-state index in [0.29, 0.717) is 11.1 Å². The zero-order chi connectivity index (χ0) is 11.6. The Morgan fingerprint density at radius 2 is 1.73 bits per heavy atom. The summed E-state index contributed by atoms with van der Waals surface area (Å²) in [5, 5.41) is 0. The standard InChI is InChI=1S/C12H15NO2/c1-5-7-10-9(6-2)11(14)13(8(3)4)12(10)15/h5-8H,1H2,2-4H3/b9-6+,10-7+. The van der Waals surface area contributed by atoms with Gasteiger partial charge in [-0.3, -0.25) is 14.5 Å². The third-order valence-electron chi connectivity index (χ3n) is 2.28. The molecule has 0 aromatic heterocycles. The van der Waals surface area contributed by atoms with Gasteiger partial charge in [-0.25, -0.2) is 0 Å². The van der Waals surface area contributed by atoms with E-state index in [9.17, 15) is 9.59 Å². The van der Waals surface area contributed by atoms with Gasteiger partial charge < -0.3 is 0 Å². The molecule has 2 amide bonds. The fourth-order valence-corrected chi connectivity index (χ4v) is 1.61. The number of hydrogen-bond donors (Lipinski definition) is 0. The molecule has 15 heavy (non-hydrogen) atoms. The summed E-state index contributed by atoms with van der Waals surface area (Å²) < 4.78 is 0. The van der Waals surface area contributed by atoms with E-state index >= 15 is 0 Å². The molecule has 1 saturated heterocycles. The SMILES string of the molecule is C=C/C=C1/C(=O)N(C(C)C)C(=O)/C1=C/C. The van der Waals surface area contributed by atoms with E-state index in [0.717, 1.165) is 0 Å². The van der Waals surface area contributed by atoms with E-state index in [1.54, 1.807) is 19.1 Å². The average molecular weight is 205 g/mol. The number of imide groups is 1. The van der Waals surface area contributed by atoms with Crippen molar-refractivity contribution in [1.82, 2.24) is 4.90 Å². The summed E-state index contributed by atoms with van der Waals surface area (Å²) in [6.45, 7) is 8.93. The van der Waals surface area contributed by atoms with Gasteiger partial charge in [0.05, 0.1) is 5.57 Å². The first-order chi connectivity index (χ1) is 7.04. The number of hydrogen-bond acceptors (Lipinski definition) is 2. The lowest BCUT2D eigenvalue weighted by Crippen LogP contribution is -2.35.